The number of hydrogen-bond acceptors (Lipinski definition) is 4. The van der Waals surface area contributed by atoms with Crippen molar-refractivity contribution in [2.24, 2.45) is 11.5 Å². The van der Waals surface area contributed by atoms with Crippen molar-refractivity contribution in [3.63, 3.8) is 0 Å². The molecule has 2 amide bonds. The number of nitrogens with two attached hydrogens (primary N) is 2. The molecule has 6 heteroatoms. The van der Waals surface area contributed by atoms with Gasteiger partial charge in [0.15, 0.2) is 0 Å². The smallest absolute Gasteiger partial charge is 0.239 e. The van der Waals surface area contributed by atoms with Crippen LogP contribution in [0.25, 0.3) is 0 Å². The molecule has 2 aromatic carbocycles. The topological polar surface area (TPSA) is 101 Å². The highest BCUT2D eigenvalue weighted by Crippen LogP contribution is 2.06. The maximum atomic E-state index is 12.8. The third-order valence-corrected chi connectivity index (χ3v) is 5.00. The Morgan fingerprint density at radius 2 is 1.50 bits per heavy atom. The van der Waals surface area contributed by atoms with E-state index in [2.05, 4.69) is 17.4 Å². The summed E-state index contributed by atoms with van der Waals surface area (Å²) in [5.74, 6) is -0.352. The third kappa shape index (κ3) is 8.76. The molecule has 30 heavy (non-hydrogen) atoms. The van der Waals surface area contributed by atoms with Gasteiger partial charge in [0, 0.05) is 13.1 Å². The fourth-order valence-corrected chi connectivity index (χ4v) is 3.27. The number of nitrogens with one attached hydrogen (secondary N) is 1. The van der Waals surface area contributed by atoms with Gasteiger partial charge < -0.3 is 21.7 Å². The first-order chi connectivity index (χ1) is 14.6. The molecule has 0 aliphatic carbocycles. The molecule has 0 aromatic heterocycles. The zero-order valence-corrected chi connectivity index (χ0v) is 17.6. The fourth-order valence-electron chi connectivity index (χ4n) is 3.27. The van der Waals surface area contributed by atoms with Crippen LogP contribution in [0.5, 0.6) is 0 Å². The van der Waals surface area contributed by atoms with E-state index < -0.39 is 6.04 Å². The average molecular weight is 411 g/mol. The van der Waals surface area contributed by atoms with E-state index in [1.807, 2.05) is 48.5 Å². The lowest BCUT2D eigenvalue weighted by molar-refractivity contribution is -0.137. The summed E-state index contributed by atoms with van der Waals surface area (Å²) in [7, 11) is 0. The van der Waals surface area contributed by atoms with Crippen LogP contribution in [0.2, 0.25) is 0 Å². The van der Waals surface area contributed by atoms with Crippen molar-refractivity contribution in [1.82, 2.24) is 10.2 Å². The largest absolute Gasteiger partial charge is 0.355 e. The first-order valence-electron chi connectivity index (χ1n) is 10.7. The number of carbonyl (C=O) groups is 2. The highest BCUT2D eigenvalue weighted by molar-refractivity contribution is 5.87. The maximum absolute atomic E-state index is 12.8. The van der Waals surface area contributed by atoms with Crippen LogP contribution < -0.4 is 16.8 Å². The highest BCUT2D eigenvalue weighted by atomic mass is 16.2. The van der Waals surface area contributed by atoms with Crippen molar-refractivity contribution >= 4 is 11.8 Å². The monoisotopic (exact) mass is 410 g/mol. The summed E-state index contributed by atoms with van der Waals surface area (Å²) in [5.41, 5.74) is 14.0. The van der Waals surface area contributed by atoms with E-state index in [-0.39, 0.29) is 18.4 Å². The quantitative estimate of drug-likeness (QED) is 0.439. The molecular formula is C24H34N4O2. The van der Waals surface area contributed by atoms with Crippen LogP contribution in [-0.2, 0) is 22.4 Å². The molecule has 6 nitrogen and oxygen atoms in total. The third-order valence-electron chi connectivity index (χ3n) is 5.00. The number of carbonyl (C=O) groups excluding carboxylic acids is 2. The summed E-state index contributed by atoms with van der Waals surface area (Å²) in [6.45, 7) is 1.55. The molecule has 5 N–H and O–H groups in total. The van der Waals surface area contributed by atoms with Crippen LogP contribution in [0.4, 0.5) is 0 Å². The molecule has 0 saturated heterocycles. The number of rotatable bonds is 13. The molecular weight excluding hydrogens is 376 g/mol. The van der Waals surface area contributed by atoms with Gasteiger partial charge in [-0.15, -0.1) is 0 Å². The highest BCUT2D eigenvalue weighted by Gasteiger charge is 2.22. The van der Waals surface area contributed by atoms with Crippen molar-refractivity contribution in [3.05, 3.63) is 71.8 Å². The van der Waals surface area contributed by atoms with Gasteiger partial charge in [-0.1, -0.05) is 60.7 Å². The summed E-state index contributed by atoms with van der Waals surface area (Å²) in [6.07, 6.45) is 3.64. The van der Waals surface area contributed by atoms with Crippen LogP contribution in [0, 0.1) is 0 Å². The molecule has 1 atom stereocenters. The predicted molar refractivity (Wildman–Crippen MR) is 121 cm³/mol. The second-order valence-electron chi connectivity index (χ2n) is 7.47. The van der Waals surface area contributed by atoms with Gasteiger partial charge >= 0.3 is 0 Å². The second-order valence-corrected chi connectivity index (χ2v) is 7.47. The van der Waals surface area contributed by atoms with Crippen molar-refractivity contribution in [1.29, 1.82) is 0 Å². The Labute approximate surface area is 179 Å². The molecule has 0 aliphatic heterocycles. The van der Waals surface area contributed by atoms with Gasteiger partial charge in [0.05, 0.1) is 12.6 Å². The standard InChI is InChI=1S/C24H34N4O2/c25-16-7-14-22(26)24(30)28(18-15-21-11-5-2-6-12-21)19-23(29)27-17-8-13-20-9-3-1-4-10-20/h1-6,9-12,22H,7-8,13-19,25-26H2,(H,27,29)/t22-/m0/s1. The summed E-state index contributed by atoms with van der Waals surface area (Å²) in [6, 6.07) is 19.5. The summed E-state index contributed by atoms with van der Waals surface area (Å²) in [5, 5.41) is 2.92. The molecule has 0 fully saturated rings. The molecule has 2 aromatic rings. The lowest BCUT2D eigenvalue weighted by atomic mass is 10.1. The molecule has 0 saturated carbocycles. The Morgan fingerprint density at radius 3 is 2.10 bits per heavy atom. The number of hydrogen-bond donors (Lipinski definition) is 3. The van der Waals surface area contributed by atoms with E-state index in [1.165, 1.54) is 5.56 Å². The van der Waals surface area contributed by atoms with E-state index in [0.29, 0.717) is 38.9 Å². The van der Waals surface area contributed by atoms with Gasteiger partial charge in [-0.3, -0.25) is 9.59 Å². The average Bonchev–Trinajstić information content (AvgIpc) is 2.78. The summed E-state index contributed by atoms with van der Waals surface area (Å²) < 4.78 is 0. The molecule has 0 spiro atoms. The van der Waals surface area contributed by atoms with Crippen LogP contribution >= 0.6 is 0 Å². The van der Waals surface area contributed by atoms with Gasteiger partial charge in [-0.05, 0) is 49.8 Å². The molecule has 0 bridgehead atoms. The Bertz CT molecular complexity index is 752. The van der Waals surface area contributed by atoms with Crippen molar-refractivity contribution < 1.29 is 9.59 Å². The van der Waals surface area contributed by atoms with Gasteiger partial charge in [0.1, 0.15) is 0 Å². The van der Waals surface area contributed by atoms with E-state index in [9.17, 15) is 9.59 Å². The van der Waals surface area contributed by atoms with E-state index in [1.54, 1.807) is 4.90 Å². The van der Waals surface area contributed by atoms with Crippen LogP contribution in [-0.4, -0.2) is 48.9 Å². The minimum atomic E-state index is -0.629. The van der Waals surface area contributed by atoms with Gasteiger partial charge in [-0.25, -0.2) is 0 Å². The Hall–Kier alpha value is -2.70. The lowest BCUT2D eigenvalue weighted by Gasteiger charge is -2.25. The normalized spacial score (nSPS) is 11.7. The van der Waals surface area contributed by atoms with Gasteiger partial charge in [-0.2, -0.15) is 0 Å². The SMILES string of the molecule is NCCC[C@H](N)C(=O)N(CCc1ccccc1)CC(=O)NCCCc1ccccc1. The molecule has 2 rings (SSSR count). The lowest BCUT2D eigenvalue weighted by Crippen LogP contribution is -2.48. The zero-order chi connectivity index (χ0) is 21.6. The number of aryl methyl sites for hydroxylation is 1. The molecule has 0 unspecified atom stereocenters. The van der Waals surface area contributed by atoms with Gasteiger partial charge in [0.2, 0.25) is 11.8 Å². The second kappa shape index (κ2) is 13.5. The van der Waals surface area contributed by atoms with E-state index in [4.69, 9.17) is 11.5 Å². The van der Waals surface area contributed by atoms with E-state index in [0.717, 1.165) is 18.4 Å². The Morgan fingerprint density at radius 1 is 0.900 bits per heavy atom. The minimum Gasteiger partial charge on any atom is -0.355 e. The number of nitrogens with zero attached hydrogens (tertiary/aromatic N) is 1. The molecule has 0 aliphatic rings. The molecule has 0 radical (unpaired) electrons. The Balaban J connectivity index is 1.85. The first-order valence-corrected chi connectivity index (χ1v) is 10.7. The van der Waals surface area contributed by atoms with Crippen molar-refractivity contribution in [3.8, 4) is 0 Å². The fraction of sp³-hybridized carbons (Fsp3) is 0.417. The summed E-state index contributed by atoms with van der Waals surface area (Å²) >= 11 is 0. The molecule has 0 heterocycles. The zero-order valence-electron chi connectivity index (χ0n) is 17.6. The molecule has 162 valence electrons. The van der Waals surface area contributed by atoms with Gasteiger partial charge in [0.25, 0.3) is 0 Å². The van der Waals surface area contributed by atoms with Crippen LogP contribution in [0.1, 0.15) is 30.4 Å². The Kier molecular flexibility index (Phi) is 10.6. The van der Waals surface area contributed by atoms with Crippen molar-refractivity contribution in [2.75, 3.05) is 26.2 Å². The van der Waals surface area contributed by atoms with E-state index >= 15 is 0 Å². The maximum Gasteiger partial charge on any atom is 0.239 e. The minimum absolute atomic E-state index is 0.0212. The van der Waals surface area contributed by atoms with Crippen molar-refractivity contribution in [2.45, 2.75) is 38.1 Å². The van der Waals surface area contributed by atoms with Crippen LogP contribution in [0.3, 0.4) is 0 Å². The van der Waals surface area contributed by atoms with Crippen LogP contribution in [0.15, 0.2) is 60.7 Å². The predicted octanol–water partition coefficient (Wildman–Crippen LogP) is 1.87. The summed E-state index contributed by atoms with van der Waals surface area (Å²) in [4.78, 5) is 26.8. The first kappa shape index (κ1) is 23.6. The number of benzene rings is 2. The number of amides is 2.